The molecule has 84 valence electrons. The van der Waals surface area contributed by atoms with Crippen LogP contribution < -0.4 is 11.1 Å². The first-order chi connectivity index (χ1) is 7.68. The minimum Gasteiger partial charge on any atom is -0.467 e. The number of nitrogen functional groups attached to an aromatic ring is 1. The Morgan fingerprint density at radius 2 is 2.06 bits per heavy atom. The van der Waals surface area contributed by atoms with Gasteiger partial charge in [-0.25, -0.2) is 0 Å². The van der Waals surface area contributed by atoms with E-state index in [1.165, 1.54) is 0 Å². The Labute approximate surface area is 95.3 Å². The molecule has 0 aliphatic rings. The van der Waals surface area contributed by atoms with E-state index in [9.17, 15) is 0 Å². The zero-order chi connectivity index (χ0) is 11.5. The molecule has 2 aromatic rings. The van der Waals surface area contributed by atoms with Crippen molar-refractivity contribution in [1.82, 2.24) is 0 Å². The maximum Gasteiger partial charge on any atom is 0.125 e. The summed E-state index contributed by atoms with van der Waals surface area (Å²) < 4.78 is 5.34. The van der Waals surface area contributed by atoms with Gasteiger partial charge in [0.05, 0.1) is 23.7 Å². The van der Waals surface area contributed by atoms with Crippen LogP contribution in [0.1, 0.15) is 24.3 Å². The summed E-state index contributed by atoms with van der Waals surface area (Å²) in [6.45, 7) is 4.08. The number of benzene rings is 1. The molecule has 1 unspecified atom stereocenters. The predicted molar refractivity (Wildman–Crippen MR) is 66.3 cm³/mol. The molecular weight excluding hydrogens is 200 g/mol. The highest BCUT2D eigenvalue weighted by molar-refractivity contribution is 5.70. The van der Waals surface area contributed by atoms with E-state index in [0.29, 0.717) is 0 Å². The fourth-order valence-corrected chi connectivity index (χ4v) is 1.71. The molecule has 0 aliphatic carbocycles. The predicted octanol–water partition coefficient (Wildman–Crippen LogP) is 3.34. The summed E-state index contributed by atoms with van der Waals surface area (Å²) >= 11 is 0. The number of anilines is 2. The van der Waals surface area contributed by atoms with Crippen molar-refractivity contribution >= 4 is 11.4 Å². The van der Waals surface area contributed by atoms with Crippen molar-refractivity contribution in [1.29, 1.82) is 0 Å². The zero-order valence-corrected chi connectivity index (χ0v) is 9.53. The Morgan fingerprint density at radius 3 is 2.69 bits per heavy atom. The molecule has 0 saturated carbocycles. The van der Waals surface area contributed by atoms with E-state index in [1.54, 1.807) is 6.26 Å². The molecule has 0 bridgehead atoms. The molecule has 0 amide bonds. The SMILES string of the molecule is Cc1cccc(N)c1NC(C)c1ccco1. The summed E-state index contributed by atoms with van der Waals surface area (Å²) in [7, 11) is 0. The fourth-order valence-electron chi connectivity index (χ4n) is 1.71. The summed E-state index contributed by atoms with van der Waals surface area (Å²) in [4.78, 5) is 0. The lowest BCUT2D eigenvalue weighted by atomic mass is 10.1. The molecule has 1 heterocycles. The van der Waals surface area contributed by atoms with Gasteiger partial charge in [-0.15, -0.1) is 0 Å². The smallest absolute Gasteiger partial charge is 0.125 e. The Morgan fingerprint density at radius 1 is 1.25 bits per heavy atom. The van der Waals surface area contributed by atoms with Crippen LogP contribution in [0.25, 0.3) is 0 Å². The van der Waals surface area contributed by atoms with Crippen molar-refractivity contribution in [3.8, 4) is 0 Å². The Bertz CT molecular complexity index is 443. The maximum atomic E-state index is 5.93. The quantitative estimate of drug-likeness (QED) is 0.773. The molecule has 3 heteroatoms. The molecule has 1 aromatic heterocycles. The number of nitrogens with one attached hydrogen (secondary N) is 1. The van der Waals surface area contributed by atoms with Crippen molar-refractivity contribution < 1.29 is 4.42 Å². The first-order valence-corrected chi connectivity index (χ1v) is 5.33. The summed E-state index contributed by atoms with van der Waals surface area (Å²) in [6, 6.07) is 9.82. The number of nitrogens with two attached hydrogens (primary N) is 1. The number of furan rings is 1. The van der Waals surface area contributed by atoms with E-state index in [4.69, 9.17) is 10.2 Å². The van der Waals surface area contributed by atoms with Gasteiger partial charge in [0.25, 0.3) is 0 Å². The van der Waals surface area contributed by atoms with Crippen LogP contribution in [0.5, 0.6) is 0 Å². The molecule has 0 fully saturated rings. The normalized spacial score (nSPS) is 12.4. The van der Waals surface area contributed by atoms with Crippen LogP contribution in [-0.4, -0.2) is 0 Å². The maximum absolute atomic E-state index is 5.93. The molecule has 2 rings (SSSR count). The van der Waals surface area contributed by atoms with Crippen LogP contribution in [0, 0.1) is 6.92 Å². The largest absolute Gasteiger partial charge is 0.467 e. The van der Waals surface area contributed by atoms with E-state index < -0.39 is 0 Å². The van der Waals surface area contributed by atoms with E-state index in [0.717, 1.165) is 22.7 Å². The number of aryl methyl sites for hydroxylation is 1. The third-order valence-electron chi connectivity index (χ3n) is 2.64. The van der Waals surface area contributed by atoms with Gasteiger partial charge in [-0.2, -0.15) is 0 Å². The monoisotopic (exact) mass is 216 g/mol. The van der Waals surface area contributed by atoms with Crippen LogP contribution in [0.15, 0.2) is 41.0 Å². The van der Waals surface area contributed by atoms with Crippen LogP contribution in [0.2, 0.25) is 0 Å². The third-order valence-corrected chi connectivity index (χ3v) is 2.64. The molecule has 1 atom stereocenters. The van der Waals surface area contributed by atoms with Gasteiger partial charge in [-0.1, -0.05) is 12.1 Å². The lowest BCUT2D eigenvalue weighted by Gasteiger charge is -2.16. The second-order valence-corrected chi connectivity index (χ2v) is 3.92. The lowest BCUT2D eigenvalue weighted by molar-refractivity contribution is 0.490. The Balaban J connectivity index is 2.21. The minimum absolute atomic E-state index is 0.110. The molecule has 3 N–H and O–H groups in total. The van der Waals surface area contributed by atoms with Gasteiger partial charge in [-0.3, -0.25) is 0 Å². The summed E-state index contributed by atoms with van der Waals surface area (Å²) in [5.74, 6) is 0.905. The lowest BCUT2D eigenvalue weighted by Crippen LogP contribution is -2.08. The van der Waals surface area contributed by atoms with Crippen LogP contribution in [-0.2, 0) is 0 Å². The molecule has 0 saturated heterocycles. The molecule has 16 heavy (non-hydrogen) atoms. The molecule has 1 aromatic carbocycles. The molecular formula is C13H16N2O. The summed E-state index contributed by atoms with van der Waals surface area (Å²) in [5, 5.41) is 3.36. The van der Waals surface area contributed by atoms with E-state index in [-0.39, 0.29) is 6.04 Å². The molecule has 3 nitrogen and oxygen atoms in total. The number of hydrogen-bond donors (Lipinski definition) is 2. The van der Waals surface area contributed by atoms with Gasteiger partial charge in [0, 0.05) is 0 Å². The van der Waals surface area contributed by atoms with Crippen molar-refractivity contribution in [2.24, 2.45) is 0 Å². The second kappa shape index (κ2) is 4.31. The summed E-state index contributed by atoms with van der Waals surface area (Å²) in [6.07, 6.45) is 1.68. The van der Waals surface area contributed by atoms with Gasteiger partial charge < -0.3 is 15.5 Å². The van der Waals surface area contributed by atoms with Gasteiger partial charge in [0.2, 0.25) is 0 Å². The second-order valence-electron chi connectivity index (χ2n) is 3.92. The third kappa shape index (κ3) is 2.03. The van der Waals surface area contributed by atoms with Crippen molar-refractivity contribution in [3.05, 3.63) is 47.9 Å². The molecule has 0 spiro atoms. The highest BCUT2D eigenvalue weighted by Gasteiger charge is 2.10. The van der Waals surface area contributed by atoms with Crippen molar-refractivity contribution in [3.63, 3.8) is 0 Å². The highest BCUT2D eigenvalue weighted by Crippen LogP contribution is 2.27. The average Bonchev–Trinajstić information content (AvgIpc) is 2.76. The Hall–Kier alpha value is -1.90. The van der Waals surface area contributed by atoms with E-state index in [1.807, 2.05) is 44.2 Å². The first kappa shape index (κ1) is 10.6. The van der Waals surface area contributed by atoms with Gasteiger partial charge in [-0.05, 0) is 37.6 Å². The average molecular weight is 216 g/mol. The number of para-hydroxylation sites is 1. The molecule has 0 radical (unpaired) electrons. The first-order valence-electron chi connectivity index (χ1n) is 5.33. The summed E-state index contributed by atoms with van der Waals surface area (Å²) in [5.41, 5.74) is 8.81. The van der Waals surface area contributed by atoms with Gasteiger partial charge in [0.15, 0.2) is 0 Å². The Kier molecular flexibility index (Phi) is 2.86. The van der Waals surface area contributed by atoms with Gasteiger partial charge in [0.1, 0.15) is 5.76 Å². The van der Waals surface area contributed by atoms with Crippen molar-refractivity contribution in [2.45, 2.75) is 19.9 Å². The van der Waals surface area contributed by atoms with Crippen LogP contribution in [0.4, 0.5) is 11.4 Å². The van der Waals surface area contributed by atoms with E-state index in [2.05, 4.69) is 5.32 Å². The number of hydrogen-bond acceptors (Lipinski definition) is 3. The fraction of sp³-hybridized carbons (Fsp3) is 0.231. The van der Waals surface area contributed by atoms with Crippen molar-refractivity contribution in [2.75, 3.05) is 11.1 Å². The van der Waals surface area contributed by atoms with Crippen LogP contribution in [0.3, 0.4) is 0 Å². The molecule has 0 aliphatic heterocycles. The number of rotatable bonds is 3. The van der Waals surface area contributed by atoms with Gasteiger partial charge >= 0.3 is 0 Å². The highest BCUT2D eigenvalue weighted by atomic mass is 16.3. The standard InChI is InChI=1S/C13H16N2O/c1-9-5-3-6-11(14)13(9)15-10(2)12-7-4-8-16-12/h3-8,10,15H,14H2,1-2H3. The topological polar surface area (TPSA) is 51.2 Å². The zero-order valence-electron chi connectivity index (χ0n) is 9.53. The van der Waals surface area contributed by atoms with Crippen LogP contribution >= 0.6 is 0 Å². The van der Waals surface area contributed by atoms with E-state index >= 15 is 0 Å². The minimum atomic E-state index is 0.110.